The lowest BCUT2D eigenvalue weighted by Gasteiger charge is -2.09. The zero-order valence-corrected chi connectivity index (χ0v) is 12.7. The van der Waals surface area contributed by atoms with Crippen molar-refractivity contribution in [2.24, 2.45) is 0 Å². The number of halogens is 1. The van der Waals surface area contributed by atoms with Crippen molar-refractivity contribution in [1.29, 1.82) is 0 Å². The van der Waals surface area contributed by atoms with Crippen LogP contribution in [0, 0.1) is 0 Å². The molecule has 4 nitrogen and oxygen atoms in total. The maximum atomic E-state index is 11.8. The highest BCUT2D eigenvalue weighted by Crippen LogP contribution is 2.09. The number of amides is 1. The molecular formula is C15H14ClN3OS. The van der Waals surface area contributed by atoms with Gasteiger partial charge in [0.05, 0.1) is 11.9 Å². The third-order valence-electron chi connectivity index (χ3n) is 2.72. The molecule has 1 amide bonds. The molecule has 2 N–H and O–H groups in total. The second-order valence-corrected chi connectivity index (χ2v) is 5.15. The number of benzene rings is 1. The van der Waals surface area contributed by atoms with E-state index in [4.69, 9.17) is 23.8 Å². The van der Waals surface area contributed by atoms with Crippen LogP contribution < -0.4 is 10.6 Å². The van der Waals surface area contributed by atoms with Crippen molar-refractivity contribution in [2.45, 2.75) is 12.8 Å². The molecule has 0 aliphatic rings. The molecule has 0 spiro atoms. The topological polar surface area (TPSA) is 54.0 Å². The van der Waals surface area contributed by atoms with Crippen LogP contribution in [0.5, 0.6) is 0 Å². The van der Waals surface area contributed by atoms with Crippen LogP contribution in [0.4, 0.5) is 5.69 Å². The van der Waals surface area contributed by atoms with Crippen LogP contribution in [0.1, 0.15) is 12.0 Å². The van der Waals surface area contributed by atoms with Crippen molar-refractivity contribution in [1.82, 2.24) is 10.3 Å². The van der Waals surface area contributed by atoms with E-state index in [2.05, 4.69) is 15.6 Å². The molecule has 0 atom stereocenters. The molecule has 0 saturated heterocycles. The van der Waals surface area contributed by atoms with Crippen LogP contribution in [0.3, 0.4) is 0 Å². The molecule has 1 heterocycles. The summed E-state index contributed by atoms with van der Waals surface area (Å²) in [6.07, 6.45) is 2.60. The number of thiocarbonyl (C=S) groups is 1. The number of aromatic nitrogens is 1. The Morgan fingerprint density at radius 1 is 1.19 bits per heavy atom. The minimum atomic E-state index is -0.127. The molecule has 1 aromatic heterocycles. The first-order chi connectivity index (χ1) is 10.1. The van der Waals surface area contributed by atoms with Crippen molar-refractivity contribution >= 4 is 40.5 Å². The lowest BCUT2D eigenvalue weighted by Crippen LogP contribution is -2.34. The number of carbonyl (C=O) groups is 1. The Hall–Kier alpha value is -1.98. The number of nitrogens with one attached hydrogen (secondary N) is 2. The van der Waals surface area contributed by atoms with Crippen molar-refractivity contribution in [2.75, 3.05) is 5.32 Å². The Morgan fingerprint density at radius 2 is 1.95 bits per heavy atom. The molecule has 0 bridgehead atoms. The van der Waals surface area contributed by atoms with Crippen molar-refractivity contribution in [3.05, 3.63) is 59.4 Å². The van der Waals surface area contributed by atoms with Gasteiger partial charge in [0.2, 0.25) is 5.91 Å². The highest BCUT2D eigenvalue weighted by Gasteiger charge is 2.05. The van der Waals surface area contributed by atoms with Crippen LogP contribution in [-0.4, -0.2) is 16.0 Å². The van der Waals surface area contributed by atoms with Crippen LogP contribution in [-0.2, 0) is 11.2 Å². The fourth-order valence-corrected chi connectivity index (χ4v) is 2.05. The Morgan fingerprint density at radius 3 is 2.62 bits per heavy atom. The molecule has 6 heteroatoms. The smallest absolute Gasteiger partial charge is 0.226 e. The third kappa shape index (κ3) is 5.49. The van der Waals surface area contributed by atoms with E-state index in [0.29, 0.717) is 23.7 Å². The molecule has 0 aliphatic heterocycles. The molecule has 0 radical (unpaired) electrons. The SMILES string of the molecule is O=C(CCc1ccccc1)NC(=S)Nc1ccc(Cl)nc1. The average molecular weight is 320 g/mol. The maximum absolute atomic E-state index is 11.8. The molecule has 0 unspecified atom stereocenters. The number of hydrogen-bond acceptors (Lipinski definition) is 3. The predicted molar refractivity (Wildman–Crippen MR) is 88.4 cm³/mol. The van der Waals surface area contributed by atoms with Gasteiger partial charge in [-0.05, 0) is 36.3 Å². The van der Waals surface area contributed by atoms with E-state index in [1.165, 1.54) is 0 Å². The fraction of sp³-hybridized carbons (Fsp3) is 0.133. The lowest BCUT2D eigenvalue weighted by atomic mass is 10.1. The van der Waals surface area contributed by atoms with Crippen LogP contribution in [0.25, 0.3) is 0 Å². The molecule has 0 saturated carbocycles. The first kappa shape index (κ1) is 15.4. The van der Waals surface area contributed by atoms with Crippen LogP contribution in [0.15, 0.2) is 48.7 Å². The first-order valence-corrected chi connectivity index (χ1v) is 7.18. The van der Waals surface area contributed by atoms with E-state index < -0.39 is 0 Å². The van der Waals surface area contributed by atoms with Gasteiger partial charge in [0.15, 0.2) is 5.11 Å². The van der Waals surface area contributed by atoms with Gasteiger partial charge in [0.1, 0.15) is 5.15 Å². The van der Waals surface area contributed by atoms with Gasteiger partial charge in [-0.2, -0.15) is 0 Å². The summed E-state index contributed by atoms with van der Waals surface area (Å²) in [6, 6.07) is 13.2. The normalized spacial score (nSPS) is 9.95. The highest BCUT2D eigenvalue weighted by molar-refractivity contribution is 7.80. The summed E-state index contributed by atoms with van der Waals surface area (Å²) >= 11 is 10.8. The summed E-state index contributed by atoms with van der Waals surface area (Å²) in [5.41, 5.74) is 1.79. The van der Waals surface area contributed by atoms with Crippen LogP contribution in [0.2, 0.25) is 5.15 Å². The van der Waals surface area contributed by atoms with Gasteiger partial charge < -0.3 is 10.6 Å². The van der Waals surface area contributed by atoms with Crippen LogP contribution >= 0.6 is 23.8 Å². The zero-order valence-electron chi connectivity index (χ0n) is 11.2. The van der Waals surface area contributed by atoms with E-state index in [1.54, 1.807) is 18.3 Å². The summed E-state index contributed by atoms with van der Waals surface area (Å²) in [6.45, 7) is 0. The predicted octanol–water partition coefficient (Wildman–Crippen LogP) is 3.18. The maximum Gasteiger partial charge on any atom is 0.226 e. The molecule has 2 aromatic rings. The minimum Gasteiger partial charge on any atom is -0.331 e. The van der Waals surface area contributed by atoms with E-state index in [1.807, 2.05) is 30.3 Å². The summed E-state index contributed by atoms with van der Waals surface area (Å²) in [4.78, 5) is 15.7. The Kier molecular flexibility index (Phi) is 5.66. The molecule has 0 fully saturated rings. The molecule has 1 aromatic carbocycles. The zero-order chi connectivity index (χ0) is 15.1. The molecule has 21 heavy (non-hydrogen) atoms. The van der Waals surface area contributed by atoms with Crippen molar-refractivity contribution < 1.29 is 4.79 Å². The summed E-state index contributed by atoms with van der Waals surface area (Å²) in [5.74, 6) is -0.127. The number of nitrogens with zero attached hydrogens (tertiary/aromatic N) is 1. The fourth-order valence-electron chi connectivity index (χ4n) is 1.70. The summed E-state index contributed by atoms with van der Waals surface area (Å²) < 4.78 is 0. The van der Waals surface area contributed by atoms with Gasteiger partial charge in [0, 0.05) is 6.42 Å². The van der Waals surface area contributed by atoms with Gasteiger partial charge >= 0.3 is 0 Å². The van der Waals surface area contributed by atoms with Gasteiger partial charge in [-0.25, -0.2) is 4.98 Å². The Balaban J connectivity index is 1.77. The van der Waals surface area contributed by atoms with Gasteiger partial charge in [-0.15, -0.1) is 0 Å². The summed E-state index contributed by atoms with van der Waals surface area (Å²) in [5, 5.41) is 6.16. The number of hydrogen-bond donors (Lipinski definition) is 2. The Bertz CT molecular complexity index is 617. The number of carbonyl (C=O) groups excluding carboxylic acids is 1. The highest BCUT2D eigenvalue weighted by atomic mass is 35.5. The second-order valence-electron chi connectivity index (χ2n) is 4.36. The number of aryl methyl sites for hydroxylation is 1. The van der Waals surface area contributed by atoms with E-state index in [9.17, 15) is 4.79 Å². The average Bonchev–Trinajstić information content (AvgIpc) is 2.48. The summed E-state index contributed by atoms with van der Waals surface area (Å²) in [7, 11) is 0. The monoisotopic (exact) mass is 319 g/mol. The largest absolute Gasteiger partial charge is 0.331 e. The standard InChI is InChI=1S/C15H14ClN3OS/c16-13-8-7-12(10-17-13)18-15(21)19-14(20)9-6-11-4-2-1-3-5-11/h1-5,7-8,10H,6,9H2,(H2,18,19,20,21). The number of pyridine rings is 1. The second kappa shape index (κ2) is 7.71. The molecule has 0 aliphatic carbocycles. The van der Waals surface area contributed by atoms with E-state index in [0.717, 1.165) is 5.56 Å². The molecule has 2 rings (SSSR count). The molecular weight excluding hydrogens is 306 g/mol. The third-order valence-corrected chi connectivity index (χ3v) is 3.15. The van der Waals surface area contributed by atoms with Gasteiger partial charge in [0.25, 0.3) is 0 Å². The molecule has 108 valence electrons. The quantitative estimate of drug-likeness (QED) is 0.671. The number of anilines is 1. The van der Waals surface area contributed by atoms with Crippen molar-refractivity contribution in [3.63, 3.8) is 0 Å². The Labute approximate surface area is 133 Å². The van der Waals surface area contributed by atoms with E-state index in [-0.39, 0.29) is 11.0 Å². The van der Waals surface area contributed by atoms with Gasteiger partial charge in [-0.3, -0.25) is 4.79 Å². The van der Waals surface area contributed by atoms with Gasteiger partial charge in [-0.1, -0.05) is 41.9 Å². The first-order valence-electron chi connectivity index (χ1n) is 6.40. The minimum absolute atomic E-state index is 0.127. The lowest BCUT2D eigenvalue weighted by molar-refractivity contribution is -0.119. The van der Waals surface area contributed by atoms with E-state index >= 15 is 0 Å². The number of rotatable bonds is 4. The van der Waals surface area contributed by atoms with Crippen molar-refractivity contribution in [3.8, 4) is 0 Å².